The number of nitrogens with zero attached hydrogens (tertiary/aromatic N) is 3. The number of ether oxygens (including phenoxy) is 1. The largest absolute Gasteiger partial charge is 0.480 e. The van der Waals surface area contributed by atoms with Crippen LogP contribution in [0.4, 0.5) is 5.69 Å². The first-order valence-electron chi connectivity index (χ1n) is 8.61. The van der Waals surface area contributed by atoms with Crippen LogP contribution in [0.25, 0.3) is 16.9 Å². The highest BCUT2D eigenvalue weighted by molar-refractivity contribution is 7.94. The van der Waals surface area contributed by atoms with E-state index in [1.165, 1.54) is 11.3 Å². The number of thiophene rings is 1. The summed E-state index contributed by atoms with van der Waals surface area (Å²) in [6, 6.07) is 14.1. The van der Waals surface area contributed by atoms with E-state index in [1.807, 2.05) is 31.2 Å². The van der Waals surface area contributed by atoms with Gasteiger partial charge in [0.2, 0.25) is 5.88 Å². The third-order valence-corrected chi connectivity index (χ3v) is 7.29. The molecule has 0 aliphatic carbocycles. The molecule has 0 aliphatic heterocycles. The molecule has 7 nitrogen and oxygen atoms in total. The van der Waals surface area contributed by atoms with Gasteiger partial charge >= 0.3 is 0 Å². The van der Waals surface area contributed by atoms with Gasteiger partial charge in [0.15, 0.2) is 5.65 Å². The molecule has 4 aromatic rings. The van der Waals surface area contributed by atoms with Crippen molar-refractivity contribution in [2.45, 2.75) is 17.6 Å². The van der Waals surface area contributed by atoms with Gasteiger partial charge in [-0.2, -0.15) is 0 Å². The summed E-state index contributed by atoms with van der Waals surface area (Å²) in [6.45, 7) is 2.00. The third kappa shape index (κ3) is 3.58. The Morgan fingerprint density at radius 2 is 1.89 bits per heavy atom. The Hall–Kier alpha value is -2.91. The maximum absolute atomic E-state index is 12.5. The minimum Gasteiger partial charge on any atom is -0.480 e. The third-order valence-electron chi connectivity index (χ3n) is 4.19. The van der Waals surface area contributed by atoms with E-state index >= 15 is 0 Å². The van der Waals surface area contributed by atoms with Gasteiger partial charge in [-0.1, -0.05) is 19.1 Å². The van der Waals surface area contributed by atoms with Gasteiger partial charge in [-0.3, -0.25) is 4.72 Å². The molecule has 0 spiro atoms. The Kier molecular flexibility index (Phi) is 4.78. The number of methoxy groups -OCH3 is 1. The molecule has 0 fully saturated rings. The first-order chi connectivity index (χ1) is 13.5. The molecule has 28 heavy (non-hydrogen) atoms. The maximum Gasteiger partial charge on any atom is 0.271 e. The van der Waals surface area contributed by atoms with Crippen molar-refractivity contribution in [3.63, 3.8) is 0 Å². The summed E-state index contributed by atoms with van der Waals surface area (Å²) in [6.07, 6.45) is 2.61. The first-order valence-corrected chi connectivity index (χ1v) is 10.9. The lowest BCUT2D eigenvalue weighted by atomic mass is 10.1. The molecule has 3 heterocycles. The number of hydrogen-bond donors (Lipinski definition) is 1. The number of aryl methyl sites for hydroxylation is 1. The standard InChI is InChI=1S/C19H18N4O3S2/c1-3-15-8-11-19(27-15)28(24,25)22-14-6-4-13(5-7-14)16-12-23-17(20-16)9-10-18(21-23)26-2/h4-12,22H,3H2,1-2H3. The van der Waals surface area contributed by atoms with Crippen LogP contribution in [-0.4, -0.2) is 30.1 Å². The predicted octanol–water partition coefficient (Wildman–Crippen LogP) is 3.83. The Labute approximate surface area is 166 Å². The molecule has 144 valence electrons. The van der Waals surface area contributed by atoms with Crippen molar-refractivity contribution in [3.8, 4) is 17.1 Å². The molecule has 0 unspecified atom stereocenters. The number of rotatable bonds is 6. The molecule has 0 amide bonds. The molecule has 3 aromatic heterocycles. The second-order valence-corrected chi connectivity index (χ2v) is 9.14. The number of sulfonamides is 1. The highest BCUT2D eigenvalue weighted by Crippen LogP contribution is 2.26. The fraction of sp³-hybridized carbons (Fsp3) is 0.158. The van der Waals surface area contributed by atoms with Crippen LogP contribution >= 0.6 is 11.3 Å². The van der Waals surface area contributed by atoms with Crippen LogP contribution in [0, 0.1) is 0 Å². The zero-order chi connectivity index (χ0) is 19.7. The second kappa shape index (κ2) is 7.25. The number of imidazole rings is 1. The quantitative estimate of drug-likeness (QED) is 0.518. The molecule has 4 rings (SSSR count). The minimum atomic E-state index is -3.58. The van der Waals surface area contributed by atoms with Gasteiger partial charge in [0, 0.05) is 22.2 Å². The smallest absolute Gasteiger partial charge is 0.271 e. The van der Waals surface area contributed by atoms with Crippen LogP contribution in [0.3, 0.4) is 0 Å². The summed E-state index contributed by atoms with van der Waals surface area (Å²) in [5.41, 5.74) is 2.79. The van der Waals surface area contributed by atoms with Crippen molar-refractivity contribution in [1.82, 2.24) is 14.6 Å². The number of benzene rings is 1. The Balaban J connectivity index is 1.57. The summed E-state index contributed by atoms with van der Waals surface area (Å²) in [4.78, 5) is 5.57. The average molecular weight is 415 g/mol. The van der Waals surface area contributed by atoms with Gasteiger partial charge in [-0.25, -0.2) is 17.9 Å². The molecule has 1 aromatic carbocycles. The van der Waals surface area contributed by atoms with E-state index in [0.717, 1.165) is 22.6 Å². The molecule has 0 atom stereocenters. The molecule has 0 bridgehead atoms. The van der Waals surface area contributed by atoms with E-state index in [9.17, 15) is 8.42 Å². The number of nitrogens with one attached hydrogen (secondary N) is 1. The van der Waals surface area contributed by atoms with Crippen LogP contribution in [0.1, 0.15) is 11.8 Å². The van der Waals surface area contributed by atoms with E-state index in [0.29, 0.717) is 21.4 Å². The molecular weight excluding hydrogens is 396 g/mol. The van der Waals surface area contributed by atoms with Crippen LogP contribution in [-0.2, 0) is 16.4 Å². The highest BCUT2D eigenvalue weighted by atomic mass is 32.2. The van der Waals surface area contributed by atoms with Crippen molar-refractivity contribution >= 4 is 32.7 Å². The van der Waals surface area contributed by atoms with Crippen LogP contribution in [0.15, 0.2) is 58.9 Å². The van der Waals surface area contributed by atoms with E-state index in [-0.39, 0.29) is 0 Å². The van der Waals surface area contributed by atoms with Gasteiger partial charge in [0.1, 0.15) is 4.21 Å². The lowest BCUT2D eigenvalue weighted by molar-refractivity contribution is 0.390. The zero-order valence-electron chi connectivity index (χ0n) is 15.3. The second-order valence-electron chi connectivity index (χ2n) is 6.06. The van der Waals surface area contributed by atoms with Crippen molar-refractivity contribution in [3.05, 3.63) is 59.6 Å². The molecule has 0 saturated heterocycles. The van der Waals surface area contributed by atoms with Crippen molar-refractivity contribution in [2.24, 2.45) is 0 Å². The fourth-order valence-electron chi connectivity index (χ4n) is 2.72. The zero-order valence-corrected chi connectivity index (χ0v) is 16.9. The van der Waals surface area contributed by atoms with Crippen LogP contribution in [0.5, 0.6) is 5.88 Å². The highest BCUT2D eigenvalue weighted by Gasteiger charge is 2.17. The lowest BCUT2D eigenvalue weighted by Gasteiger charge is -2.06. The summed E-state index contributed by atoms with van der Waals surface area (Å²) in [5.74, 6) is 0.501. The number of hydrogen-bond acceptors (Lipinski definition) is 6. The van der Waals surface area contributed by atoms with Crippen molar-refractivity contribution < 1.29 is 13.2 Å². The molecular formula is C19H18N4O3S2. The topological polar surface area (TPSA) is 85.6 Å². The molecule has 0 radical (unpaired) electrons. The molecule has 0 aliphatic rings. The SMILES string of the molecule is CCc1ccc(S(=O)(=O)Nc2ccc(-c3cn4nc(OC)ccc4n3)cc2)s1. The van der Waals surface area contributed by atoms with Crippen molar-refractivity contribution in [2.75, 3.05) is 11.8 Å². The van der Waals surface area contributed by atoms with Gasteiger partial charge < -0.3 is 4.74 Å². The van der Waals surface area contributed by atoms with Gasteiger partial charge in [-0.15, -0.1) is 16.4 Å². The number of anilines is 1. The van der Waals surface area contributed by atoms with E-state index < -0.39 is 10.0 Å². The summed E-state index contributed by atoms with van der Waals surface area (Å²) in [5, 5.41) is 4.29. The molecule has 0 saturated carbocycles. The monoisotopic (exact) mass is 414 g/mol. The van der Waals surface area contributed by atoms with Crippen LogP contribution < -0.4 is 9.46 Å². The molecule has 1 N–H and O–H groups in total. The fourth-order valence-corrected chi connectivity index (χ4v) is 5.07. The Morgan fingerprint density at radius 1 is 1.11 bits per heavy atom. The normalized spacial score (nSPS) is 11.6. The van der Waals surface area contributed by atoms with E-state index in [1.54, 1.807) is 42.1 Å². The first kappa shape index (κ1) is 18.5. The number of aromatic nitrogens is 3. The average Bonchev–Trinajstić information content (AvgIpc) is 3.35. The van der Waals surface area contributed by atoms with E-state index in [2.05, 4.69) is 14.8 Å². The van der Waals surface area contributed by atoms with Gasteiger partial charge in [0.25, 0.3) is 10.0 Å². The van der Waals surface area contributed by atoms with Crippen molar-refractivity contribution in [1.29, 1.82) is 0 Å². The molecule has 9 heteroatoms. The van der Waals surface area contributed by atoms with Gasteiger partial charge in [0.05, 0.1) is 19.0 Å². The summed E-state index contributed by atoms with van der Waals surface area (Å²) in [7, 11) is -2.02. The lowest BCUT2D eigenvalue weighted by Crippen LogP contribution is -2.11. The predicted molar refractivity (Wildman–Crippen MR) is 109 cm³/mol. The summed E-state index contributed by atoms with van der Waals surface area (Å²) >= 11 is 1.28. The summed E-state index contributed by atoms with van der Waals surface area (Å²) < 4.78 is 34.8. The number of fused-ring (bicyclic) bond motifs is 1. The van der Waals surface area contributed by atoms with E-state index in [4.69, 9.17) is 4.74 Å². The van der Waals surface area contributed by atoms with Crippen LogP contribution in [0.2, 0.25) is 0 Å². The van der Waals surface area contributed by atoms with Gasteiger partial charge in [-0.05, 0) is 36.8 Å². The maximum atomic E-state index is 12.5. The Morgan fingerprint density at radius 3 is 2.57 bits per heavy atom. The minimum absolute atomic E-state index is 0.314. The Bertz CT molecular complexity index is 1230.